The van der Waals surface area contributed by atoms with Crippen LogP contribution in [0.15, 0.2) is 89.4 Å². The number of primary amides is 1. The molecule has 6 N–H and O–H groups in total. The summed E-state index contributed by atoms with van der Waals surface area (Å²) in [6, 6.07) is 23.2. The van der Waals surface area contributed by atoms with Gasteiger partial charge in [0.2, 0.25) is 11.8 Å². The first-order valence-electron chi connectivity index (χ1n) is 20.9. The fraction of sp³-hybridized carbons (Fsp3) is 0.422. The molecule has 0 radical (unpaired) electrons. The minimum atomic E-state index is -0.651. The number of carbonyl (C=O) groups is 5. The van der Waals surface area contributed by atoms with Crippen LogP contribution >= 0.6 is 0 Å². The lowest BCUT2D eigenvalue weighted by atomic mass is 9.86. The molecule has 0 spiro atoms. The first-order chi connectivity index (χ1) is 29.0. The fourth-order valence-electron chi connectivity index (χ4n) is 8.59. The highest BCUT2D eigenvalue weighted by Crippen LogP contribution is 2.28. The van der Waals surface area contributed by atoms with E-state index in [0.29, 0.717) is 98.2 Å². The highest BCUT2D eigenvalue weighted by atomic mass is 16.5. The van der Waals surface area contributed by atoms with E-state index < -0.39 is 11.9 Å². The molecule has 4 aliphatic rings. The summed E-state index contributed by atoms with van der Waals surface area (Å²) in [5.41, 5.74) is 14.7. The van der Waals surface area contributed by atoms with Gasteiger partial charge in [0.15, 0.2) is 0 Å². The maximum atomic E-state index is 13.3. The van der Waals surface area contributed by atoms with Gasteiger partial charge in [-0.25, -0.2) is 4.79 Å². The predicted octanol–water partition coefficient (Wildman–Crippen LogP) is 3.95. The van der Waals surface area contributed by atoms with Gasteiger partial charge in [-0.05, 0) is 117 Å². The van der Waals surface area contributed by atoms with Gasteiger partial charge in [0.05, 0.1) is 5.70 Å². The van der Waals surface area contributed by atoms with Gasteiger partial charge in [0.1, 0.15) is 22.9 Å². The predicted molar refractivity (Wildman–Crippen MR) is 229 cm³/mol. The summed E-state index contributed by atoms with van der Waals surface area (Å²) < 4.78 is 5.90. The van der Waals surface area contributed by atoms with Gasteiger partial charge in [0, 0.05) is 82.5 Å². The lowest BCUT2D eigenvalue weighted by Gasteiger charge is -2.38. The summed E-state index contributed by atoms with van der Waals surface area (Å²) in [7, 11) is 2.06. The number of imide groups is 1. The molecule has 6 amide bonds. The molecule has 0 aliphatic carbocycles. The molecule has 60 heavy (non-hydrogen) atoms. The number of amides is 6. The molecule has 15 heteroatoms. The Bertz CT molecular complexity index is 2090. The number of anilines is 1. The smallest absolute Gasteiger partial charge is 0.328 e. The van der Waals surface area contributed by atoms with Crippen LogP contribution in [0.2, 0.25) is 0 Å². The zero-order valence-electron chi connectivity index (χ0n) is 34.2. The summed E-state index contributed by atoms with van der Waals surface area (Å²) in [6.45, 7) is 5.08. The Morgan fingerprint density at radius 2 is 1.45 bits per heavy atom. The van der Waals surface area contributed by atoms with Crippen molar-refractivity contribution in [3.8, 4) is 11.5 Å². The van der Waals surface area contributed by atoms with Gasteiger partial charge in [-0.3, -0.25) is 34.4 Å². The van der Waals surface area contributed by atoms with E-state index in [9.17, 15) is 24.0 Å². The number of para-hydroxylation sites is 1. The molecule has 0 bridgehead atoms. The monoisotopic (exact) mass is 817 g/mol. The Kier molecular flexibility index (Phi) is 13.4. The topological polar surface area (TPSA) is 196 Å². The summed E-state index contributed by atoms with van der Waals surface area (Å²) in [6.07, 6.45) is 4.98. The van der Waals surface area contributed by atoms with Crippen LogP contribution in [0.25, 0.3) is 5.70 Å². The standard InChI is InChI=1S/C45H55N9O6/c1-51(29-30-16-24-53(25-17-30)44(58)33-7-11-34(12-8-33)54-28-20-38(55)50-45(54)59)23-21-39(56)52-26-18-31(19-27-52)37-15-22-48-43(49-37)40(42(47)57)41(46)32-9-13-36(14-10-32)60-35-5-3-2-4-6-35/h2-14,30-31,37H,15-29,46H2,1H3,(H2,47,57)(H,48,49)(H,50,55,59)/t37-/m0/s1. The number of hydrogen-bond donors (Lipinski definition) is 4. The van der Waals surface area contributed by atoms with Crippen molar-refractivity contribution >= 4 is 46.9 Å². The van der Waals surface area contributed by atoms with Crippen LogP contribution in [-0.4, -0.2) is 116 Å². The van der Waals surface area contributed by atoms with Crippen molar-refractivity contribution in [3.05, 3.63) is 95.6 Å². The Balaban J connectivity index is 0.822. The zero-order chi connectivity index (χ0) is 42.2. The largest absolute Gasteiger partial charge is 0.457 e. The summed E-state index contributed by atoms with van der Waals surface area (Å²) >= 11 is 0. The second-order valence-corrected chi connectivity index (χ2v) is 16.1. The Hall–Kier alpha value is -6.22. The van der Waals surface area contributed by atoms with Crippen LogP contribution in [-0.2, 0) is 14.4 Å². The molecule has 0 unspecified atom stereocenters. The minimum absolute atomic E-state index is 0.0291. The van der Waals surface area contributed by atoms with E-state index in [2.05, 4.69) is 27.6 Å². The highest BCUT2D eigenvalue weighted by Gasteiger charge is 2.33. The molecular weight excluding hydrogens is 763 g/mol. The molecule has 3 aromatic rings. The molecule has 15 nitrogen and oxygen atoms in total. The van der Waals surface area contributed by atoms with Crippen LogP contribution in [0.1, 0.15) is 60.9 Å². The second-order valence-electron chi connectivity index (χ2n) is 16.1. The average molecular weight is 818 g/mol. The van der Waals surface area contributed by atoms with Crippen LogP contribution in [0.4, 0.5) is 10.5 Å². The Morgan fingerprint density at radius 3 is 2.12 bits per heavy atom. The number of carbonyl (C=O) groups excluding carboxylic acids is 5. The van der Waals surface area contributed by atoms with E-state index in [1.165, 1.54) is 4.90 Å². The fourth-order valence-corrected chi connectivity index (χ4v) is 8.59. The van der Waals surface area contributed by atoms with Gasteiger partial charge in [0.25, 0.3) is 11.8 Å². The van der Waals surface area contributed by atoms with Gasteiger partial charge in [-0.1, -0.05) is 18.2 Å². The Morgan fingerprint density at radius 1 is 0.800 bits per heavy atom. The lowest BCUT2D eigenvalue weighted by molar-refractivity contribution is -0.133. The number of nitrogens with zero attached hydrogens (tertiary/aromatic N) is 5. The van der Waals surface area contributed by atoms with Gasteiger partial charge < -0.3 is 36.2 Å². The molecule has 0 aromatic heterocycles. The summed E-state index contributed by atoms with van der Waals surface area (Å²) in [5.74, 6) is 1.70. The number of nitrogens with one attached hydrogen (secondary N) is 2. The number of hydrogen-bond acceptors (Lipinski definition) is 10. The van der Waals surface area contributed by atoms with Crippen LogP contribution < -0.4 is 31.7 Å². The van der Waals surface area contributed by atoms with Crippen molar-refractivity contribution in [2.24, 2.45) is 28.3 Å². The molecule has 7 rings (SSSR count). The third-order valence-electron chi connectivity index (χ3n) is 12.0. The SMILES string of the molecule is CN(CCC(=O)N1CCC([C@@H]2CCN=C(C(C(N)=O)=C(N)c3ccc(Oc4ccccc4)cc3)N2)CC1)CC1CCN(C(=O)c2ccc(N3CCC(=O)NC3=O)cc2)CC1. The normalized spacial score (nSPS) is 19.6. The molecule has 3 fully saturated rings. The van der Waals surface area contributed by atoms with Gasteiger partial charge >= 0.3 is 6.03 Å². The number of ether oxygens (including phenoxy) is 1. The summed E-state index contributed by atoms with van der Waals surface area (Å²) in [4.78, 5) is 75.2. The number of amidine groups is 1. The first-order valence-corrected chi connectivity index (χ1v) is 20.9. The average Bonchev–Trinajstić information content (AvgIpc) is 3.26. The van der Waals surface area contributed by atoms with Crippen LogP contribution in [0.3, 0.4) is 0 Å². The van der Waals surface area contributed by atoms with Crippen molar-refractivity contribution in [3.63, 3.8) is 0 Å². The third-order valence-corrected chi connectivity index (χ3v) is 12.0. The second kappa shape index (κ2) is 19.2. The minimum Gasteiger partial charge on any atom is -0.457 e. The number of likely N-dealkylation sites (tertiary alicyclic amines) is 2. The van der Waals surface area contributed by atoms with Crippen molar-refractivity contribution in [2.75, 3.05) is 64.3 Å². The van der Waals surface area contributed by atoms with E-state index in [4.69, 9.17) is 16.2 Å². The molecule has 4 aliphatic heterocycles. The van der Waals surface area contributed by atoms with Gasteiger partial charge in [-0.15, -0.1) is 0 Å². The number of nitrogens with two attached hydrogens (primary N) is 2. The van der Waals surface area contributed by atoms with Gasteiger partial charge in [-0.2, -0.15) is 0 Å². The number of piperidine rings is 2. The summed E-state index contributed by atoms with van der Waals surface area (Å²) in [5, 5.41) is 5.81. The zero-order valence-corrected chi connectivity index (χ0v) is 34.2. The first kappa shape index (κ1) is 41.9. The Labute approximate surface area is 350 Å². The lowest BCUT2D eigenvalue weighted by Crippen LogP contribution is -2.50. The quantitative estimate of drug-likeness (QED) is 0.185. The van der Waals surface area contributed by atoms with E-state index in [0.717, 1.165) is 38.6 Å². The third kappa shape index (κ3) is 10.3. The van der Waals surface area contributed by atoms with Crippen molar-refractivity contribution in [1.29, 1.82) is 0 Å². The molecule has 4 heterocycles. The molecule has 3 aromatic carbocycles. The number of rotatable bonds is 13. The molecular formula is C45H55N9O6. The van der Waals surface area contributed by atoms with Crippen molar-refractivity contribution in [2.45, 2.75) is 51.0 Å². The maximum Gasteiger partial charge on any atom is 0.328 e. The maximum absolute atomic E-state index is 13.3. The molecule has 0 saturated carbocycles. The van der Waals surface area contributed by atoms with Crippen molar-refractivity contribution < 1.29 is 28.7 Å². The van der Waals surface area contributed by atoms with Crippen LogP contribution in [0.5, 0.6) is 11.5 Å². The van der Waals surface area contributed by atoms with E-state index >= 15 is 0 Å². The molecule has 316 valence electrons. The van der Waals surface area contributed by atoms with E-state index in [1.807, 2.05) is 40.1 Å². The number of urea groups is 1. The highest BCUT2D eigenvalue weighted by molar-refractivity contribution is 6.25. The molecule has 1 atom stereocenters. The number of benzene rings is 3. The van der Waals surface area contributed by atoms with Crippen LogP contribution in [0, 0.1) is 11.8 Å². The molecule has 3 saturated heterocycles. The van der Waals surface area contributed by atoms with Crippen molar-refractivity contribution in [1.82, 2.24) is 25.3 Å². The number of aliphatic imine (C=N–C) groups is 1. The van der Waals surface area contributed by atoms with E-state index in [-0.39, 0.29) is 41.5 Å². The van der Waals surface area contributed by atoms with E-state index in [1.54, 1.807) is 48.5 Å².